The van der Waals surface area contributed by atoms with Crippen molar-refractivity contribution in [3.63, 3.8) is 0 Å². The summed E-state index contributed by atoms with van der Waals surface area (Å²) in [6.07, 6.45) is 0.643. The molecular weight excluding hydrogens is 298 g/mol. The van der Waals surface area contributed by atoms with Crippen molar-refractivity contribution in [2.45, 2.75) is 12.5 Å². The van der Waals surface area contributed by atoms with E-state index in [9.17, 15) is 9.59 Å². The molecule has 1 heterocycles. The predicted octanol–water partition coefficient (Wildman–Crippen LogP) is 0.992. The molecule has 1 fully saturated rings. The van der Waals surface area contributed by atoms with Crippen molar-refractivity contribution in [2.24, 2.45) is 0 Å². The van der Waals surface area contributed by atoms with Crippen LogP contribution in [-0.2, 0) is 4.79 Å². The molecule has 0 aromatic heterocycles. The maximum absolute atomic E-state index is 12.0. The third-order valence-corrected chi connectivity index (χ3v) is 3.37. The van der Waals surface area contributed by atoms with Crippen LogP contribution in [-0.4, -0.2) is 36.3 Å². The van der Waals surface area contributed by atoms with Gasteiger partial charge in [0.15, 0.2) is 0 Å². The summed E-state index contributed by atoms with van der Waals surface area (Å²) in [7, 11) is 1.73. The predicted molar refractivity (Wildman–Crippen MR) is 72.1 cm³/mol. The fraction of sp³-hybridized carbons (Fsp3) is 0.333. The Kier molecular flexibility index (Phi) is 3.56. The van der Waals surface area contributed by atoms with Crippen LogP contribution in [0.25, 0.3) is 0 Å². The molecule has 18 heavy (non-hydrogen) atoms. The van der Waals surface area contributed by atoms with Gasteiger partial charge in [0.2, 0.25) is 5.91 Å². The number of hydrogen-bond donors (Lipinski definition) is 2. The molecule has 0 spiro atoms. The Bertz CT molecular complexity index is 484. The smallest absolute Gasteiger partial charge is 0.252 e. The summed E-state index contributed by atoms with van der Waals surface area (Å²) in [4.78, 5) is 25.3. The first-order valence-corrected chi connectivity index (χ1v) is 6.38. The third kappa shape index (κ3) is 2.64. The highest BCUT2D eigenvalue weighted by molar-refractivity contribution is 9.10. The van der Waals surface area contributed by atoms with Gasteiger partial charge in [0.05, 0.1) is 0 Å². The van der Waals surface area contributed by atoms with Gasteiger partial charge in [0.25, 0.3) is 5.91 Å². The molecule has 1 aromatic rings. The highest BCUT2D eigenvalue weighted by Crippen LogP contribution is 2.18. The lowest BCUT2D eigenvalue weighted by atomic mass is 10.1. The van der Waals surface area contributed by atoms with Gasteiger partial charge in [-0.2, -0.15) is 0 Å². The minimum Gasteiger partial charge on any atom is -0.399 e. The summed E-state index contributed by atoms with van der Waals surface area (Å²) in [5, 5.41) is 2.72. The largest absolute Gasteiger partial charge is 0.399 e. The molecular formula is C12H14BrN3O2. The SMILES string of the molecule is CN1CCC(NC(=O)c2cc(N)cc(Br)c2)C1=O. The van der Waals surface area contributed by atoms with Crippen molar-refractivity contribution in [3.05, 3.63) is 28.2 Å². The standard InChI is InChI=1S/C12H14BrN3O2/c1-16-3-2-10(12(16)18)15-11(17)7-4-8(13)6-9(14)5-7/h4-6,10H,2-3,14H2,1H3,(H,15,17). The van der Waals surface area contributed by atoms with Gasteiger partial charge in [-0.3, -0.25) is 9.59 Å². The quantitative estimate of drug-likeness (QED) is 0.800. The number of rotatable bonds is 2. The molecule has 1 saturated heterocycles. The first-order chi connectivity index (χ1) is 8.47. The van der Waals surface area contributed by atoms with Crippen molar-refractivity contribution < 1.29 is 9.59 Å². The second kappa shape index (κ2) is 4.97. The summed E-state index contributed by atoms with van der Waals surface area (Å²) in [5.74, 6) is -0.331. The van der Waals surface area contributed by atoms with E-state index in [1.165, 1.54) is 0 Å². The molecule has 2 amide bonds. The van der Waals surface area contributed by atoms with E-state index in [0.717, 1.165) is 4.47 Å². The number of nitrogens with zero attached hydrogens (tertiary/aromatic N) is 1. The molecule has 2 rings (SSSR count). The van der Waals surface area contributed by atoms with Crippen LogP contribution in [0.3, 0.4) is 0 Å². The first kappa shape index (κ1) is 12.9. The summed E-state index contributed by atoms with van der Waals surface area (Å²) in [6.45, 7) is 0.671. The first-order valence-electron chi connectivity index (χ1n) is 5.59. The van der Waals surface area contributed by atoms with Crippen molar-refractivity contribution >= 4 is 33.4 Å². The number of halogens is 1. The lowest BCUT2D eigenvalue weighted by Crippen LogP contribution is -2.40. The van der Waals surface area contributed by atoms with Gasteiger partial charge in [-0.15, -0.1) is 0 Å². The van der Waals surface area contributed by atoms with Gasteiger partial charge in [-0.25, -0.2) is 0 Å². The number of nitrogens with two attached hydrogens (primary N) is 1. The molecule has 5 nitrogen and oxygen atoms in total. The average Bonchev–Trinajstić information content (AvgIpc) is 2.59. The molecule has 0 bridgehead atoms. The Morgan fingerprint density at radius 2 is 2.22 bits per heavy atom. The van der Waals surface area contributed by atoms with Gasteiger partial charge in [0, 0.05) is 29.3 Å². The zero-order chi connectivity index (χ0) is 13.3. The zero-order valence-electron chi connectivity index (χ0n) is 9.94. The van der Waals surface area contributed by atoms with Gasteiger partial charge in [-0.05, 0) is 24.6 Å². The van der Waals surface area contributed by atoms with E-state index in [-0.39, 0.29) is 11.8 Å². The monoisotopic (exact) mass is 311 g/mol. The number of likely N-dealkylation sites (N-methyl/N-ethyl adjacent to an activating group) is 1. The Labute approximate surface area is 113 Å². The Morgan fingerprint density at radius 3 is 2.78 bits per heavy atom. The topological polar surface area (TPSA) is 75.4 Å². The number of hydrogen-bond acceptors (Lipinski definition) is 3. The summed E-state index contributed by atoms with van der Waals surface area (Å²) in [5.41, 5.74) is 6.62. The van der Waals surface area contributed by atoms with Crippen LogP contribution >= 0.6 is 15.9 Å². The van der Waals surface area contributed by atoms with Crippen LogP contribution < -0.4 is 11.1 Å². The Hall–Kier alpha value is -1.56. The fourth-order valence-electron chi connectivity index (χ4n) is 1.94. The number of benzene rings is 1. The van der Waals surface area contributed by atoms with Crippen molar-refractivity contribution in [1.29, 1.82) is 0 Å². The van der Waals surface area contributed by atoms with Crippen LogP contribution in [0.1, 0.15) is 16.8 Å². The second-order valence-electron chi connectivity index (χ2n) is 4.35. The van der Waals surface area contributed by atoms with Gasteiger partial charge in [-0.1, -0.05) is 15.9 Å². The summed E-state index contributed by atoms with van der Waals surface area (Å²) >= 11 is 3.28. The molecule has 1 atom stereocenters. The number of amides is 2. The lowest BCUT2D eigenvalue weighted by molar-refractivity contribution is -0.128. The minimum absolute atomic E-state index is 0.0497. The van der Waals surface area contributed by atoms with Crippen molar-refractivity contribution in [3.8, 4) is 0 Å². The van der Waals surface area contributed by atoms with E-state index in [1.54, 1.807) is 30.1 Å². The number of carbonyl (C=O) groups is 2. The summed E-state index contributed by atoms with van der Waals surface area (Å²) in [6, 6.07) is 4.55. The van der Waals surface area contributed by atoms with Crippen LogP contribution in [0, 0.1) is 0 Å². The van der Waals surface area contributed by atoms with Gasteiger partial charge < -0.3 is 16.0 Å². The molecule has 1 unspecified atom stereocenters. The number of anilines is 1. The highest BCUT2D eigenvalue weighted by atomic mass is 79.9. The lowest BCUT2D eigenvalue weighted by Gasteiger charge is -2.12. The molecule has 3 N–H and O–H groups in total. The van der Waals surface area contributed by atoms with Crippen LogP contribution in [0.5, 0.6) is 0 Å². The molecule has 1 aliphatic heterocycles. The van der Waals surface area contributed by atoms with Crippen LogP contribution in [0.2, 0.25) is 0 Å². The van der Waals surface area contributed by atoms with E-state index in [4.69, 9.17) is 5.73 Å². The Balaban J connectivity index is 2.10. The minimum atomic E-state index is -0.428. The van der Waals surface area contributed by atoms with Crippen molar-refractivity contribution in [2.75, 3.05) is 19.3 Å². The molecule has 0 aliphatic carbocycles. The number of nitrogens with one attached hydrogen (secondary N) is 1. The maximum Gasteiger partial charge on any atom is 0.252 e. The molecule has 1 aliphatic rings. The van der Waals surface area contributed by atoms with E-state index in [1.807, 2.05) is 0 Å². The molecule has 1 aromatic carbocycles. The highest BCUT2D eigenvalue weighted by Gasteiger charge is 2.30. The van der Waals surface area contributed by atoms with E-state index < -0.39 is 6.04 Å². The fourth-order valence-corrected chi connectivity index (χ4v) is 2.45. The van der Waals surface area contributed by atoms with Gasteiger partial charge in [0.1, 0.15) is 6.04 Å². The van der Waals surface area contributed by atoms with Crippen LogP contribution in [0.15, 0.2) is 22.7 Å². The molecule has 6 heteroatoms. The maximum atomic E-state index is 12.0. The van der Waals surface area contributed by atoms with E-state index in [0.29, 0.717) is 24.2 Å². The van der Waals surface area contributed by atoms with Crippen molar-refractivity contribution in [1.82, 2.24) is 10.2 Å². The zero-order valence-corrected chi connectivity index (χ0v) is 11.5. The van der Waals surface area contributed by atoms with Crippen LogP contribution in [0.4, 0.5) is 5.69 Å². The van der Waals surface area contributed by atoms with E-state index >= 15 is 0 Å². The van der Waals surface area contributed by atoms with E-state index in [2.05, 4.69) is 21.2 Å². The molecule has 0 radical (unpaired) electrons. The molecule has 0 saturated carbocycles. The average molecular weight is 312 g/mol. The Morgan fingerprint density at radius 1 is 1.50 bits per heavy atom. The third-order valence-electron chi connectivity index (χ3n) is 2.92. The number of likely N-dealkylation sites (tertiary alicyclic amines) is 1. The number of nitrogen functional groups attached to an aromatic ring is 1. The normalized spacial score (nSPS) is 19.1. The number of carbonyl (C=O) groups excluding carboxylic acids is 2. The second-order valence-corrected chi connectivity index (χ2v) is 5.26. The summed E-state index contributed by atoms with van der Waals surface area (Å²) < 4.78 is 0.738. The van der Waals surface area contributed by atoms with Gasteiger partial charge >= 0.3 is 0 Å². The molecule has 96 valence electrons.